The van der Waals surface area contributed by atoms with Gasteiger partial charge in [-0.3, -0.25) is 9.36 Å². The maximum absolute atomic E-state index is 13.2. The third-order valence-electron chi connectivity index (χ3n) is 4.37. The number of nitrogens with one attached hydrogen (secondary N) is 1. The molecule has 0 saturated carbocycles. The van der Waals surface area contributed by atoms with Crippen LogP contribution in [0.1, 0.15) is 26.8 Å². The molecule has 0 bridgehead atoms. The molecule has 1 unspecified atom stereocenters. The fraction of sp³-hybridized carbons (Fsp3) is 0.286. The lowest BCUT2D eigenvalue weighted by Crippen LogP contribution is -2.23. The van der Waals surface area contributed by atoms with E-state index >= 15 is 0 Å². The predicted octanol–water partition coefficient (Wildman–Crippen LogP) is 5.45. The molecule has 158 valence electrons. The second kappa shape index (κ2) is 9.49. The molecule has 1 N–H and O–H groups in total. The van der Waals surface area contributed by atoms with Gasteiger partial charge in [-0.05, 0) is 63.2 Å². The first kappa shape index (κ1) is 22.1. The summed E-state index contributed by atoms with van der Waals surface area (Å²) in [6, 6.07) is 11.5. The zero-order valence-electron chi connectivity index (χ0n) is 17.0. The number of halogens is 2. The monoisotopic (exact) mass is 448 g/mol. The van der Waals surface area contributed by atoms with Crippen molar-refractivity contribution >= 4 is 35.0 Å². The van der Waals surface area contributed by atoms with Gasteiger partial charge < -0.3 is 10.1 Å². The quantitative estimate of drug-likeness (QED) is 0.487. The highest BCUT2D eigenvalue weighted by atomic mass is 35.5. The van der Waals surface area contributed by atoms with Gasteiger partial charge in [0.1, 0.15) is 11.6 Å². The van der Waals surface area contributed by atoms with Gasteiger partial charge >= 0.3 is 0 Å². The van der Waals surface area contributed by atoms with Crippen molar-refractivity contribution in [2.45, 2.75) is 37.2 Å². The van der Waals surface area contributed by atoms with Crippen molar-refractivity contribution in [3.05, 3.63) is 53.3 Å². The minimum Gasteiger partial charge on any atom is -0.497 e. The molecule has 1 heterocycles. The largest absolute Gasteiger partial charge is 0.497 e. The Hall–Kier alpha value is -2.58. The van der Waals surface area contributed by atoms with E-state index < -0.39 is 11.1 Å². The minimum atomic E-state index is -0.475. The van der Waals surface area contributed by atoms with Crippen molar-refractivity contribution < 1.29 is 13.9 Å². The van der Waals surface area contributed by atoms with Crippen LogP contribution in [-0.2, 0) is 4.79 Å². The molecule has 0 saturated heterocycles. The summed E-state index contributed by atoms with van der Waals surface area (Å²) >= 11 is 7.29. The fourth-order valence-electron chi connectivity index (χ4n) is 2.80. The van der Waals surface area contributed by atoms with E-state index in [1.54, 1.807) is 14.0 Å². The Kier molecular flexibility index (Phi) is 6.99. The third-order valence-corrected chi connectivity index (χ3v) is 5.74. The molecule has 3 aromatic rings. The van der Waals surface area contributed by atoms with Crippen LogP contribution in [0, 0.1) is 5.82 Å². The Bertz CT molecular complexity index is 1040. The van der Waals surface area contributed by atoms with Gasteiger partial charge in [-0.25, -0.2) is 4.39 Å². The second-order valence-electron chi connectivity index (χ2n) is 6.87. The van der Waals surface area contributed by atoms with E-state index in [1.165, 1.54) is 23.9 Å². The Balaban J connectivity index is 1.79. The van der Waals surface area contributed by atoms with Crippen molar-refractivity contribution in [1.29, 1.82) is 0 Å². The van der Waals surface area contributed by atoms with Gasteiger partial charge in [0, 0.05) is 11.6 Å². The van der Waals surface area contributed by atoms with Crippen molar-refractivity contribution in [2.24, 2.45) is 0 Å². The molecule has 3 rings (SSSR count). The number of methoxy groups -OCH3 is 1. The van der Waals surface area contributed by atoms with Gasteiger partial charge in [0.2, 0.25) is 5.91 Å². The van der Waals surface area contributed by atoms with Crippen LogP contribution in [0.5, 0.6) is 5.75 Å². The summed E-state index contributed by atoms with van der Waals surface area (Å²) in [5.74, 6) is 0.743. The Labute approximate surface area is 183 Å². The Morgan fingerprint density at radius 3 is 2.47 bits per heavy atom. The van der Waals surface area contributed by atoms with Crippen molar-refractivity contribution in [2.75, 3.05) is 12.4 Å². The second-order valence-corrected chi connectivity index (χ2v) is 8.59. The SMILES string of the molecule is COc1ccc(-c2nnc(SC(C)C(=O)Nc3ccc(F)cc3Cl)n2C(C)C)cc1. The number of carbonyl (C=O) groups is 1. The lowest BCUT2D eigenvalue weighted by Gasteiger charge is -2.16. The predicted molar refractivity (Wildman–Crippen MR) is 118 cm³/mol. The molecule has 0 spiro atoms. The maximum atomic E-state index is 13.2. The highest BCUT2D eigenvalue weighted by molar-refractivity contribution is 8.00. The van der Waals surface area contributed by atoms with Crippen LogP contribution in [0.3, 0.4) is 0 Å². The highest BCUT2D eigenvalue weighted by Gasteiger charge is 2.23. The fourth-order valence-corrected chi connectivity index (χ4v) is 3.99. The lowest BCUT2D eigenvalue weighted by molar-refractivity contribution is -0.115. The number of aromatic nitrogens is 3. The maximum Gasteiger partial charge on any atom is 0.237 e. The number of amides is 1. The first-order valence-electron chi connectivity index (χ1n) is 9.32. The van der Waals surface area contributed by atoms with Crippen LogP contribution in [-0.4, -0.2) is 33.0 Å². The van der Waals surface area contributed by atoms with E-state index in [4.69, 9.17) is 16.3 Å². The highest BCUT2D eigenvalue weighted by Crippen LogP contribution is 2.31. The minimum absolute atomic E-state index is 0.0846. The van der Waals surface area contributed by atoms with E-state index in [1.807, 2.05) is 42.7 Å². The van der Waals surface area contributed by atoms with Crippen LogP contribution in [0.25, 0.3) is 11.4 Å². The number of ether oxygens (including phenoxy) is 1. The molecular formula is C21H22ClFN4O2S. The first-order chi connectivity index (χ1) is 14.3. The molecule has 0 aliphatic heterocycles. The van der Waals surface area contributed by atoms with Crippen LogP contribution in [0.2, 0.25) is 5.02 Å². The van der Waals surface area contributed by atoms with E-state index in [2.05, 4.69) is 15.5 Å². The summed E-state index contributed by atoms with van der Waals surface area (Å²) in [6.07, 6.45) is 0. The summed E-state index contributed by atoms with van der Waals surface area (Å²) in [4.78, 5) is 12.6. The molecule has 0 aliphatic rings. The Morgan fingerprint density at radius 2 is 1.87 bits per heavy atom. The number of rotatable bonds is 7. The van der Waals surface area contributed by atoms with Gasteiger partial charge in [0.05, 0.1) is 23.1 Å². The van der Waals surface area contributed by atoms with E-state index in [-0.39, 0.29) is 17.0 Å². The summed E-state index contributed by atoms with van der Waals surface area (Å²) in [5, 5.41) is 11.7. The number of nitrogens with zero attached hydrogens (tertiary/aromatic N) is 3. The van der Waals surface area contributed by atoms with Crippen LogP contribution in [0.4, 0.5) is 10.1 Å². The average Bonchev–Trinajstić information content (AvgIpc) is 3.13. The van der Waals surface area contributed by atoms with E-state index in [0.717, 1.165) is 17.4 Å². The number of thioether (sulfide) groups is 1. The van der Waals surface area contributed by atoms with E-state index in [0.29, 0.717) is 16.7 Å². The van der Waals surface area contributed by atoms with Gasteiger partial charge in [0.15, 0.2) is 11.0 Å². The number of hydrogen-bond acceptors (Lipinski definition) is 5. The number of benzene rings is 2. The summed E-state index contributed by atoms with van der Waals surface area (Å²) in [5.41, 5.74) is 1.26. The van der Waals surface area contributed by atoms with Gasteiger partial charge in [0.25, 0.3) is 0 Å². The molecule has 1 aromatic heterocycles. The number of anilines is 1. The molecule has 1 atom stereocenters. The smallest absolute Gasteiger partial charge is 0.237 e. The molecule has 0 fully saturated rings. The van der Waals surface area contributed by atoms with Crippen molar-refractivity contribution in [3.63, 3.8) is 0 Å². The molecule has 6 nitrogen and oxygen atoms in total. The van der Waals surface area contributed by atoms with Crippen molar-refractivity contribution in [3.8, 4) is 17.1 Å². The van der Waals surface area contributed by atoms with Crippen LogP contribution >= 0.6 is 23.4 Å². The normalized spacial score (nSPS) is 12.1. The van der Waals surface area contributed by atoms with Crippen LogP contribution < -0.4 is 10.1 Å². The van der Waals surface area contributed by atoms with Crippen LogP contribution in [0.15, 0.2) is 47.6 Å². The molecule has 1 amide bonds. The molecule has 9 heteroatoms. The zero-order valence-corrected chi connectivity index (χ0v) is 18.6. The van der Waals surface area contributed by atoms with E-state index in [9.17, 15) is 9.18 Å². The zero-order chi connectivity index (χ0) is 21.8. The first-order valence-corrected chi connectivity index (χ1v) is 10.6. The number of carbonyl (C=O) groups excluding carboxylic acids is 1. The van der Waals surface area contributed by atoms with Crippen molar-refractivity contribution in [1.82, 2.24) is 14.8 Å². The standard InChI is InChI=1S/C21H22ClFN4O2S/c1-12(2)27-19(14-5-8-16(29-4)9-6-14)25-26-21(27)30-13(3)20(28)24-18-10-7-15(23)11-17(18)22/h5-13H,1-4H3,(H,24,28). The molecular weight excluding hydrogens is 427 g/mol. The molecule has 0 radical (unpaired) electrons. The summed E-state index contributed by atoms with van der Waals surface area (Å²) < 4.78 is 20.4. The summed E-state index contributed by atoms with van der Waals surface area (Å²) in [7, 11) is 1.62. The van der Waals surface area contributed by atoms with Gasteiger partial charge in [-0.2, -0.15) is 0 Å². The summed E-state index contributed by atoms with van der Waals surface area (Å²) in [6.45, 7) is 5.83. The van der Waals surface area contributed by atoms with Gasteiger partial charge in [-0.1, -0.05) is 23.4 Å². The van der Waals surface area contributed by atoms with Gasteiger partial charge in [-0.15, -0.1) is 10.2 Å². The Morgan fingerprint density at radius 1 is 1.17 bits per heavy atom. The topological polar surface area (TPSA) is 69.0 Å². The molecule has 30 heavy (non-hydrogen) atoms. The molecule has 2 aromatic carbocycles. The third kappa shape index (κ3) is 4.94. The average molecular weight is 449 g/mol. The number of hydrogen-bond donors (Lipinski definition) is 1. The lowest BCUT2D eigenvalue weighted by atomic mass is 10.2. The molecule has 0 aliphatic carbocycles.